The van der Waals surface area contributed by atoms with E-state index >= 15 is 0 Å². The summed E-state index contributed by atoms with van der Waals surface area (Å²) in [6.07, 6.45) is -3.56. The van der Waals surface area contributed by atoms with Crippen LogP contribution < -0.4 is 9.46 Å². The predicted molar refractivity (Wildman–Crippen MR) is 109 cm³/mol. The van der Waals surface area contributed by atoms with Gasteiger partial charge < -0.3 is 9.47 Å². The van der Waals surface area contributed by atoms with Crippen molar-refractivity contribution in [2.75, 3.05) is 20.3 Å². The van der Waals surface area contributed by atoms with E-state index in [1.54, 1.807) is 13.8 Å². The van der Waals surface area contributed by atoms with Gasteiger partial charge in [-0.3, -0.25) is 0 Å². The van der Waals surface area contributed by atoms with Gasteiger partial charge in [0.15, 0.2) is 6.61 Å². The summed E-state index contributed by atoms with van der Waals surface area (Å²) in [5, 5.41) is 0. The van der Waals surface area contributed by atoms with Gasteiger partial charge in [0.2, 0.25) is 10.0 Å². The molecule has 0 aromatic heterocycles. The van der Waals surface area contributed by atoms with E-state index in [2.05, 4.69) is 9.46 Å². The maximum atomic E-state index is 12.9. The van der Waals surface area contributed by atoms with Gasteiger partial charge in [-0.25, -0.2) is 26.7 Å². The molecule has 2 aromatic rings. The third kappa shape index (κ3) is 6.42. The number of aryl methyl sites for hydroxylation is 1. The van der Waals surface area contributed by atoms with Gasteiger partial charge in [0.05, 0.1) is 17.6 Å². The SMILES string of the molecule is COC(=O)c1cc(S(=O)(=O)NCCc2ccc(OCC(F)(F)C(F)F)cc2)cc(C)c1C. The van der Waals surface area contributed by atoms with Gasteiger partial charge in [-0.05, 0) is 61.2 Å². The fourth-order valence-corrected chi connectivity index (χ4v) is 3.85. The van der Waals surface area contributed by atoms with E-state index in [0.29, 0.717) is 16.7 Å². The Labute approximate surface area is 183 Å². The highest BCUT2D eigenvalue weighted by Gasteiger charge is 2.41. The summed E-state index contributed by atoms with van der Waals surface area (Å²) >= 11 is 0. The van der Waals surface area contributed by atoms with Crippen LogP contribution in [0.25, 0.3) is 0 Å². The average molecular weight is 477 g/mol. The number of esters is 1. The van der Waals surface area contributed by atoms with Crippen molar-refractivity contribution in [1.29, 1.82) is 0 Å². The molecule has 176 valence electrons. The van der Waals surface area contributed by atoms with Crippen LogP contribution in [0, 0.1) is 13.8 Å². The molecule has 0 bridgehead atoms. The number of hydrogen-bond donors (Lipinski definition) is 1. The van der Waals surface area contributed by atoms with Crippen molar-refractivity contribution in [3.05, 3.63) is 58.7 Å². The van der Waals surface area contributed by atoms with Gasteiger partial charge in [0.1, 0.15) is 5.75 Å². The van der Waals surface area contributed by atoms with Gasteiger partial charge in [-0.1, -0.05) is 12.1 Å². The smallest absolute Gasteiger partial charge is 0.340 e. The molecule has 0 saturated carbocycles. The van der Waals surface area contributed by atoms with Crippen molar-refractivity contribution in [1.82, 2.24) is 4.72 Å². The third-order valence-corrected chi connectivity index (χ3v) is 6.18. The van der Waals surface area contributed by atoms with Crippen LogP contribution in [0.5, 0.6) is 5.75 Å². The molecule has 0 aliphatic rings. The van der Waals surface area contributed by atoms with Crippen molar-refractivity contribution < 1.29 is 40.2 Å². The molecule has 0 heterocycles. The third-order valence-electron chi connectivity index (χ3n) is 4.74. The minimum absolute atomic E-state index is 0.0138. The van der Waals surface area contributed by atoms with Crippen LogP contribution in [0.1, 0.15) is 27.0 Å². The first kappa shape index (κ1) is 25.6. The van der Waals surface area contributed by atoms with E-state index in [-0.39, 0.29) is 29.2 Å². The summed E-state index contributed by atoms with van der Waals surface area (Å²) in [6, 6.07) is 8.38. The predicted octanol–water partition coefficient (Wildman–Crippen LogP) is 3.89. The molecule has 0 amide bonds. The zero-order valence-electron chi connectivity index (χ0n) is 17.6. The molecule has 0 radical (unpaired) electrons. The number of nitrogens with one attached hydrogen (secondary N) is 1. The number of hydrogen-bond acceptors (Lipinski definition) is 5. The number of alkyl halides is 4. The molecule has 0 aliphatic heterocycles. The normalized spacial score (nSPS) is 12.1. The second-order valence-electron chi connectivity index (χ2n) is 7.05. The minimum atomic E-state index is -4.25. The van der Waals surface area contributed by atoms with Crippen LogP contribution in [0.2, 0.25) is 0 Å². The maximum absolute atomic E-state index is 12.9. The lowest BCUT2D eigenvalue weighted by Crippen LogP contribution is -2.33. The Kier molecular flexibility index (Phi) is 8.24. The second kappa shape index (κ2) is 10.3. The Bertz CT molecular complexity index is 1060. The minimum Gasteiger partial charge on any atom is -0.487 e. The zero-order chi connectivity index (χ0) is 24.1. The molecule has 0 fully saturated rings. The van der Waals surface area contributed by atoms with Gasteiger partial charge in [-0.15, -0.1) is 0 Å². The van der Waals surface area contributed by atoms with Crippen molar-refractivity contribution in [3.8, 4) is 5.75 Å². The summed E-state index contributed by atoms with van der Waals surface area (Å²) in [4.78, 5) is 11.8. The lowest BCUT2D eigenvalue weighted by atomic mass is 10.0. The quantitative estimate of drug-likeness (QED) is 0.415. The van der Waals surface area contributed by atoms with Crippen LogP contribution in [-0.4, -0.2) is 47.0 Å². The summed E-state index contributed by atoms with van der Waals surface area (Å²) in [6.45, 7) is 1.94. The number of carbonyl (C=O) groups excluding carboxylic acids is 1. The zero-order valence-corrected chi connectivity index (χ0v) is 18.4. The summed E-state index contributed by atoms with van der Waals surface area (Å²) < 4.78 is 87.2. The highest BCUT2D eigenvalue weighted by Crippen LogP contribution is 2.24. The Balaban J connectivity index is 2.00. The molecular weight excluding hydrogens is 454 g/mol. The molecule has 0 saturated heterocycles. The summed E-state index contributed by atoms with van der Waals surface area (Å²) in [5.74, 6) is -4.91. The Hall–Kier alpha value is -2.66. The lowest BCUT2D eigenvalue weighted by Gasteiger charge is -2.16. The topological polar surface area (TPSA) is 81.7 Å². The van der Waals surface area contributed by atoms with Crippen LogP contribution in [0.3, 0.4) is 0 Å². The number of benzene rings is 2. The molecule has 0 unspecified atom stereocenters. The second-order valence-corrected chi connectivity index (χ2v) is 8.81. The maximum Gasteiger partial charge on any atom is 0.340 e. The number of methoxy groups -OCH3 is 1. The van der Waals surface area contributed by atoms with E-state index in [1.165, 1.54) is 43.5 Å². The van der Waals surface area contributed by atoms with Crippen LogP contribution >= 0.6 is 0 Å². The van der Waals surface area contributed by atoms with Crippen molar-refractivity contribution in [2.45, 2.75) is 37.5 Å². The monoisotopic (exact) mass is 477 g/mol. The van der Waals surface area contributed by atoms with Crippen molar-refractivity contribution in [3.63, 3.8) is 0 Å². The first-order valence-electron chi connectivity index (χ1n) is 9.44. The number of ether oxygens (including phenoxy) is 2. The fraction of sp³-hybridized carbons (Fsp3) is 0.381. The molecule has 0 spiro atoms. The molecule has 11 heteroatoms. The number of sulfonamides is 1. The van der Waals surface area contributed by atoms with E-state index in [9.17, 15) is 30.8 Å². The fourth-order valence-electron chi connectivity index (χ4n) is 2.71. The van der Waals surface area contributed by atoms with Crippen molar-refractivity contribution >= 4 is 16.0 Å². The van der Waals surface area contributed by atoms with Crippen molar-refractivity contribution in [2.24, 2.45) is 0 Å². The first-order valence-corrected chi connectivity index (χ1v) is 10.9. The molecule has 0 aliphatic carbocycles. The number of halogens is 4. The largest absolute Gasteiger partial charge is 0.487 e. The molecular formula is C21H23F4NO5S. The van der Waals surface area contributed by atoms with Gasteiger partial charge in [0.25, 0.3) is 0 Å². The van der Waals surface area contributed by atoms with Crippen LogP contribution in [0.15, 0.2) is 41.3 Å². The molecule has 2 rings (SSSR count). The van der Waals surface area contributed by atoms with E-state index < -0.39 is 34.9 Å². The summed E-state index contributed by atoms with van der Waals surface area (Å²) in [5.41, 5.74) is 2.04. The Morgan fingerprint density at radius 3 is 2.31 bits per heavy atom. The van der Waals surface area contributed by atoms with Gasteiger partial charge in [-0.2, -0.15) is 8.78 Å². The van der Waals surface area contributed by atoms with Crippen LogP contribution in [-0.2, 0) is 21.2 Å². The van der Waals surface area contributed by atoms with Crippen LogP contribution in [0.4, 0.5) is 17.6 Å². The van der Waals surface area contributed by atoms with E-state index in [4.69, 9.17) is 4.74 Å². The van der Waals surface area contributed by atoms with E-state index in [0.717, 1.165) is 0 Å². The Morgan fingerprint density at radius 1 is 1.12 bits per heavy atom. The standard InChI is InChI=1S/C21H23F4NO5S/c1-13-10-17(11-18(14(13)2)19(27)30-3)32(28,29)26-9-8-15-4-6-16(7-5-15)31-12-21(24,25)20(22)23/h4-7,10-11,20,26H,8-9,12H2,1-3H3. The number of rotatable bonds is 10. The van der Waals surface area contributed by atoms with Gasteiger partial charge >= 0.3 is 18.3 Å². The molecule has 1 N–H and O–H groups in total. The first-order chi connectivity index (χ1) is 14.9. The summed E-state index contributed by atoms with van der Waals surface area (Å²) in [7, 11) is -2.71. The highest BCUT2D eigenvalue weighted by molar-refractivity contribution is 7.89. The number of carbonyl (C=O) groups is 1. The van der Waals surface area contributed by atoms with E-state index in [1.807, 2.05) is 0 Å². The Morgan fingerprint density at radius 2 is 1.75 bits per heavy atom. The molecule has 2 aromatic carbocycles. The highest BCUT2D eigenvalue weighted by atomic mass is 32.2. The molecule has 6 nitrogen and oxygen atoms in total. The lowest BCUT2D eigenvalue weighted by molar-refractivity contribution is -0.148. The van der Waals surface area contributed by atoms with Gasteiger partial charge in [0, 0.05) is 6.54 Å². The molecule has 0 atom stereocenters. The average Bonchev–Trinajstić information content (AvgIpc) is 2.74. The molecule has 32 heavy (non-hydrogen) atoms.